The third-order valence-electron chi connectivity index (χ3n) is 5.45. The van der Waals surface area contributed by atoms with Crippen LogP contribution in [0.15, 0.2) is 48.0 Å². The van der Waals surface area contributed by atoms with E-state index in [0.717, 1.165) is 32.0 Å². The number of guanidine groups is 1. The molecule has 1 aromatic carbocycles. The molecule has 6 nitrogen and oxygen atoms in total. The normalized spacial score (nSPS) is 20.3. The van der Waals surface area contributed by atoms with Crippen molar-refractivity contribution in [3.05, 3.63) is 54.1 Å². The van der Waals surface area contributed by atoms with Gasteiger partial charge in [0.1, 0.15) is 0 Å². The summed E-state index contributed by atoms with van der Waals surface area (Å²) in [7, 11) is 0. The van der Waals surface area contributed by atoms with Crippen LogP contribution in [0.2, 0.25) is 0 Å². The van der Waals surface area contributed by atoms with Crippen molar-refractivity contribution in [3.63, 3.8) is 0 Å². The molecule has 0 spiro atoms. The van der Waals surface area contributed by atoms with Crippen molar-refractivity contribution in [1.29, 1.82) is 0 Å². The molecule has 1 aliphatic rings. The van der Waals surface area contributed by atoms with Crippen molar-refractivity contribution in [3.8, 4) is 0 Å². The van der Waals surface area contributed by atoms with Crippen LogP contribution in [0, 0.1) is 5.92 Å². The van der Waals surface area contributed by atoms with E-state index in [4.69, 9.17) is 9.73 Å². The predicted octanol–water partition coefficient (Wildman–Crippen LogP) is 3.86. The molecule has 0 radical (unpaired) electrons. The molecule has 0 amide bonds. The second kappa shape index (κ2) is 10.4. The van der Waals surface area contributed by atoms with Crippen LogP contribution in [0.4, 0.5) is 0 Å². The molecule has 2 heterocycles. The number of likely N-dealkylation sites (tertiary alicyclic amines) is 1. The Morgan fingerprint density at radius 1 is 1.34 bits per heavy atom. The number of rotatable bonds is 7. The summed E-state index contributed by atoms with van der Waals surface area (Å²) in [5, 5.41) is 3.48. The van der Waals surface area contributed by atoms with E-state index in [1.165, 1.54) is 11.1 Å². The molecular formula is C23H35N5O. The van der Waals surface area contributed by atoms with Gasteiger partial charge in [0.25, 0.3) is 0 Å². The highest BCUT2D eigenvalue weighted by Crippen LogP contribution is 2.27. The first kappa shape index (κ1) is 21.4. The zero-order valence-electron chi connectivity index (χ0n) is 18.2. The molecule has 1 aliphatic heterocycles. The summed E-state index contributed by atoms with van der Waals surface area (Å²) in [4.78, 5) is 11.6. The molecule has 2 aromatic rings. The number of aromatic nitrogens is 2. The van der Waals surface area contributed by atoms with Crippen LogP contribution in [0.3, 0.4) is 0 Å². The zero-order chi connectivity index (χ0) is 20.6. The largest absolute Gasteiger partial charge is 0.374 e. The molecule has 1 N–H and O–H groups in total. The number of ether oxygens (including phenoxy) is 1. The lowest BCUT2D eigenvalue weighted by Gasteiger charge is -2.39. The maximum atomic E-state index is 5.74. The van der Waals surface area contributed by atoms with Gasteiger partial charge in [-0.3, -0.25) is 0 Å². The van der Waals surface area contributed by atoms with E-state index in [-0.39, 0.29) is 6.10 Å². The Morgan fingerprint density at radius 3 is 2.90 bits per heavy atom. The summed E-state index contributed by atoms with van der Waals surface area (Å²) in [6, 6.07) is 8.96. The van der Waals surface area contributed by atoms with Crippen molar-refractivity contribution in [1.82, 2.24) is 19.8 Å². The Kier molecular flexibility index (Phi) is 7.69. The van der Waals surface area contributed by atoms with Crippen molar-refractivity contribution in [2.24, 2.45) is 10.9 Å². The summed E-state index contributed by atoms with van der Waals surface area (Å²) in [6.07, 6.45) is 7.25. The van der Waals surface area contributed by atoms with Gasteiger partial charge >= 0.3 is 0 Å². The van der Waals surface area contributed by atoms with Crippen molar-refractivity contribution in [2.45, 2.75) is 59.4 Å². The number of benzene rings is 1. The molecule has 2 atom stereocenters. The zero-order valence-corrected chi connectivity index (χ0v) is 18.2. The molecule has 3 rings (SSSR count). The molecule has 0 aliphatic carbocycles. The summed E-state index contributed by atoms with van der Waals surface area (Å²) in [5.41, 5.74) is 2.41. The van der Waals surface area contributed by atoms with Gasteiger partial charge in [-0.05, 0) is 44.2 Å². The molecule has 1 fully saturated rings. The Hall–Kier alpha value is -2.34. The van der Waals surface area contributed by atoms with E-state index in [2.05, 4.69) is 77.9 Å². The van der Waals surface area contributed by atoms with E-state index < -0.39 is 0 Å². The van der Waals surface area contributed by atoms with Crippen LogP contribution in [0.5, 0.6) is 0 Å². The summed E-state index contributed by atoms with van der Waals surface area (Å²) < 4.78 is 7.97. The van der Waals surface area contributed by atoms with Crippen LogP contribution in [0.25, 0.3) is 0 Å². The number of imidazole rings is 1. The van der Waals surface area contributed by atoms with Gasteiger partial charge in [0.2, 0.25) is 0 Å². The van der Waals surface area contributed by atoms with Crippen LogP contribution in [-0.2, 0) is 17.9 Å². The third kappa shape index (κ3) is 6.07. The SMILES string of the molecule is CCNC(=NCc1cccc(COC(C)C)c1)N1CCC(C)C(n2ccnc2)C1. The second-order valence-corrected chi connectivity index (χ2v) is 8.14. The highest BCUT2D eigenvalue weighted by Gasteiger charge is 2.28. The smallest absolute Gasteiger partial charge is 0.194 e. The van der Waals surface area contributed by atoms with E-state index in [9.17, 15) is 0 Å². The molecule has 1 aromatic heterocycles. The quantitative estimate of drug-likeness (QED) is 0.569. The van der Waals surface area contributed by atoms with Crippen LogP contribution < -0.4 is 5.32 Å². The fraction of sp³-hybridized carbons (Fsp3) is 0.565. The average Bonchev–Trinajstić information content (AvgIpc) is 3.25. The molecule has 6 heteroatoms. The van der Waals surface area contributed by atoms with Gasteiger partial charge in [-0.25, -0.2) is 9.98 Å². The second-order valence-electron chi connectivity index (χ2n) is 8.14. The van der Waals surface area contributed by atoms with Crippen molar-refractivity contribution in [2.75, 3.05) is 19.6 Å². The van der Waals surface area contributed by atoms with Gasteiger partial charge in [0, 0.05) is 32.0 Å². The van der Waals surface area contributed by atoms with E-state index in [0.29, 0.717) is 25.1 Å². The summed E-state index contributed by atoms with van der Waals surface area (Å²) >= 11 is 0. The van der Waals surface area contributed by atoms with Crippen molar-refractivity contribution < 1.29 is 4.74 Å². The molecule has 1 saturated heterocycles. The van der Waals surface area contributed by atoms with E-state index in [1.54, 1.807) is 0 Å². The van der Waals surface area contributed by atoms with E-state index in [1.807, 2.05) is 12.5 Å². The standard InChI is InChI=1S/C23H35N5O/c1-5-25-23(26-14-20-7-6-8-21(13-20)16-29-18(2)3)27-11-9-19(4)22(15-27)28-12-10-24-17-28/h6-8,10,12-13,17-19,22H,5,9,11,14-16H2,1-4H3,(H,25,26). The molecule has 29 heavy (non-hydrogen) atoms. The molecule has 0 saturated carbocycles. The van der Waals surface area contributed by atoms with Gasteiger partial charge in [-0.2, -0.15) is 0 Å². The first-order valence-electron chi connectivity index (χ1n) is 10.8. The minimum atomic E-state index is 0.238. The lowest BCUT2D eigenvalue weighted by molar-refractivity contribution is 0.0657. The van der Waals surface area contributed by atoms with Gasteiger partial charge in [-0.15, -0.1) is 0 Å². The lowest BCUT2D eigenvalue weighted by Crippen LogP contribution is -2.49. The van der Waals surface area contributed by atoms with Gasteiger partial charge in [-0.1, -0.05) is 31.2 Å². The van der Waals surface area contributed by atoms with E-state index >= 15 is 0 Å². The highest BCUT2D eigenvalue weighted by atomic mass is 16.5. The van der Waals surface area contributed by atoms with Crippen LogP contribution >= 0.6 is 0 Å². The summed E-state index contributed by atoms with van der Waals surface area (Å²) in [5.74, 6) is 1.62. The summed E-state index contributed by atoms with van der Waals surface area (Å²) in [6.45, 7) is 12.7. The third-order valence-corrected chi connectivity index (χ3v) is 5.45. The first-order chi connectivity index (χ1) is 14.1. The molecule has 2 unspecified atom stereocenters. The Morgan fingerprint density at radius 2 is 2.17 bits per heavy atom. The van der Waals surface area contributed by atoms with Crippen LogP contribution in [-0.4, -0.2) is 46.1 Å². The number of piperidine rings is 1. The fourth-order valence-electron chi connectivity index (χ4n) is 3.77. The molecule has 0 bridgehead atoms. The monoisotopic (exact) mass is 397 g/mol. The number of aliphatic imine (C=N–C) groups is 1. The molecule has 158 valence electrons. The highest BCUT2D eigenvalue weighted by molar-refractivity contribution is 5.80. The minimum Gasteiger partial charge on any atom is -0.374 e. The number of hydrogen-bond acceptors (Lipinski definition) is 3. The Labute approximate surface area is 175 Å². The lowest BCUT2D eigenvalue weighted by atomic mass is 9.93. The average molecular weight is 398 g/mol. The first-order valence-corrected chi connectivity index (χ1v) is 10.8. The maximum Gasteiger partial charge on any atom is 0.194 e. The fourth-order valence-corrected chi connectivity index (χ4v) is 3.77. The Balaban J connectivity index is 1.69. The van der Waals surface area contributed by atoms with Crippen molar-refractivity contribution >= 4 is 5.96 Å². The maximum absolute atomic E-state index is 5.74. The minimum absolute atomic E-state index is 0.238. The number of nitrogens with zero attached hydrogens (tertiary/aromatic N) is 4. The predicted molar refractivity (Wildman–Crippen MR) is 118 cm³/mol. The Bertz CT molecular complexity index is 771. The van der Waals surface area contributed by atoms with Gasteiger partial charge in [0.15, 0.2) is 5.96 Å². The molecular weight excluding hydrogens is 362 g/mol. The topological polar surface area (TPSA) is 54.7 Å². The van der Waals surface area contributed by atoms with Gasteiger partial charge < -0.3 is 19.5 Å². The number of hydrogen-bond donors (Lipinski definition) is 1. The van der Waals surface area contributed by atoms with Crippen LogP contribution in [0.1, 0.15) is 51.3 Å². The number of nitrogens with one attached hydrogen (secondary N) is 1. The van der Waals surface area contributed by atoms with Gasteiger partial charge in [0.05, 0.1) is 31.6 Å².